The van der Waals surface area contributed by atoms with E-state index >= 15 is 0 Å². The van der Waals surface area contributed by atoms with E-state index in [2.05, 4.69) is 10.5 Å². The van der Waals surface area contributed by atoms with Crippen LogP contribution >= 0.6 is 0 Å². The molecule has 2 aromatic carbocycles. The van der Waals surface area contributed by atoms with Gasteiger partial charge in [-0.15, -0.1) is 0 Å². The second kappa shape index (κ2) is 7.09. The van der Waals surface area contributed by atoms with Gasteiger partial charge in [-0.2, -0.15) is 5.10 Å². The first-order valence-corrected chi connectivity index (χ1v) is 6.30. The molecule has 1 N–H and O–H groups in total. The molecule has 1 amide bonds. The zero-order valence-corrected chi connectivity index (χ0v) is 11.2. The zero-order chi connectivity index (χ0) is 14.2. The summed E-state index contributed by atoms with van der Waals surface area (Å²) in [5.74, 6) is 0.380. The Balaban J connectivity index is 1.77. The first-order valence-electron chi connectivity index (χ1n) is 6.30. The van der Waals surface area contributed by atoms with Crippen LogP contribution in [0.2, 0.25) is 0 Å². The third-order valence-electron chi connectivity index (χ3n) is 2.56. The monoisotopic (exact) mass is 268 g/mol. The van der Waals surface area contributed by atoms with E-state index in [-0.39, 0.29) is 12.5 Å². The number of carbonyl (C=O) groups is 1. The topological polar surface area (TPSA) is 50.7 Å². The fraction of sp³-hybridized carbons (Fsp3) is 0.125. The smallest absolute Gasteiger partial charge is 0.277 e. The number of nitrogens with one attached hydrogen (secondary N) is 1. The summed E-state index contributed by atoms with van der Waals surface area (Å²) in [6.45, 7) is 1.91. The highest BCUT2D eigenvalue weighted by Gasteiger charge is 2.01. The fourth-order valence-corrected chi connectivity index (χ4v) is 1.60. The van der Waals surface area contributed by atoms with E-state index in [1.165, 1.54) is 0 Å². The number of hydrogen-bond donors (Lipinski definition) is 1. The quantitative estimate of drug-likeness (QED) is 0.669. The van der Waals surface area contributed by atoms with Gasteiger partial charge in [-0.05, 0) is 30.2 Å². The third kappa shape index (κ3) is 4.57. The molecule has 0 bridgehead atoms. The van der Waals surface area contributed by atoms with Crippen LogP contribution in [0.15, 0.2) is 59.7 Å². The van der Waals surface area contributed by atoms with Crippen LogP contribution in [0, 0.1) is 6.92 Å². The fourth-order valence-electron chi connectivity index (χ4n) is 1.60. The molecule has 20 heavy (non-hydrogen) atoms. The zero-order valence-electron chi connectivity index (χ0n) is 11.2. The largest absolute Gasteiger partial charge is 0.484 e. The van der Waals surface area contributed by atoms with Gasteiger partial charge in [-0.25, -0.2) is 5.43 Å². The standard InChI is InChI=1S/C16H16N2O2/c1-13-6-5-9-15(10-13)20-12-16(19)18-17-11-14-7-3-2-4-8-14/h2-11H,12H2,1H3,(H,18,19)/b17-11+. The maximum atomic E-state index is 11.5. The Kier molecular flexibility index (Phi) is 4.89. The predicted octanol–water partition coefficient (Wildman–Crippen LogP) is 2.52. The van der Waals surface area contributed by atoms with Gasteiger partial charge >= 0.3 is 0 Å². The Morgan fingerprint density at radius 1 is 1.20 bits per heavy atom. The lowest BCUT2D eigenvalue weighted by atomic mass is 10.2. The van der Waals surface area contributed by atoms with Crippen LogP contribution in [0.1, 0.15) is 11.1 Å². The number of aryl methyl sites for hydroxylation is 1. The molecule has 0 spiro atoms. The van der Waals surface area contributed by atoms with E-state index in [4.69, 9.17) is 4.74 Å². The Morgan fingerprint density at radius 3 is 2.75 bits per heavy atom. The average molecular weight is 268 g/mol. The van der Waals surface area contributed by atoms with Crippen LogP contribution in [-0.4, -0.2) is 18.7 Å². The van der Waals surface area contributed by atoms with Crippen LogP contribution in [-0.2, 0) is 4.79 Å². The van der Waals surface area contributed by atoms with Gasteiger partial charge in [0.15, 0.2) is 6.61 Å². The van der Waals surface area contributed by atoms with E-state index in [9.17, 15) is 4.79 Å². The van der Waals surface area contributed by atoms with Crippen molar-refractivity contribution in [3.63, 3.8) is 0 Å². The Bertz CT molecular complexity index is 594. The van der Waals surface area contributed by atoms with Gasteiger partial charge in [0.2, 0.25) is 0 Å². The molecule has 0 unspecified atom stereocenters. The van der Waals surface area contributed by atoms with Crippen molar-refractivity contribution in [2.45, 2.75) is 6.92 Å². The van der Waals surface area contributed by atoms with Gasteiger partial charge in [0.25, 0.3) is 5.91 Å². The molecule has 0 aliphatic rings. The van der Waals surface area contributed by atoms with Crippen LogP contribution in [0.25, 0.3) is 0 Å². The van der Waals surface area contributed by atoms with Crippen molar-refractivity contribution >= 4 is 12.1 Å². The van der Waals surface area contributed by atoms with Crippen molar-refractivity contribution in [3.8, 4) is 5.75 Å². The third-order valence-corrected chi connectivity index (χ3v) is 2.56. The Labute approximate surface area is 118 Å². The number of carbonyl (C=O) groups excluding carboxylic acids is 1. The molecule has 0 aliphatic carbocycles. The minimum atomic E-state index is -0.293. The summed E-state index contributed by atoms with van der Waals surface area (Å²) in [5.41, 5.74) is 4.43. The van der Waals surface area contributed by atoms with E-state index in [1.807, 2.05) is 61.5 Å². The second-order valence-electron chi connectivity index (χ2n) is 4.31. The average Bonchev–Trinajstić information content (AvgIpc) is 2.46. The van der Waals surface area contributed by atoms with Crippen LogP contribution in [0.5, 0.6) is 5.75 Å². The molecule has 0 atom stereocenters. The van der Waals surface area contributed by atoms with Gasteiger partial charge < -0.3 is 4.74 Å². The van der Waals surface area contributed by atoms with Crippen molar-refractivity contribution in [1.82, 2.24) is 5.43 Å². The lowest BCUT2D eigenvalue weighted by Crippen LogP contribution is -2.24. The Hall–Kier alpha value is -2.62. The molecular formula is C16H16N2O2. The minimum absolute atomic E-state index is 0.0599. The van der Waals surface area contributed by atoms with E-state index in [0.29, 0.717) is 5.75 Å². The summed E-state index contributed by atoms with van der Waals surface area (Å²) in [4.78, 5) is 11.5. The summed E-state index contributed by atoms with van der Waals surface area (Å²) in [6.07, 6.45) is 1.59. The molecule has 4 nitrogen and oxygen atoms in total. The number of hydrogen-bond acceptors (Lipinski definition) is 3. The van der Waals surface area contributed by atoms with Crippen molar-refractivity contribution in [1.29, 1.82) is 0 Å². The minimum Gasteiger partial charge on any atom is -0.484 e. The number of amides is 1. The number of ether oxygens (including phenoxy) is 1. The molecule has 0 radical (unpaired) electrons. The summed E-state index contributed by atoms with van der Waals surface area (Å²) < 4.78 is 5.37. The normalized spacial score (nSPS) is 10.4. The highest BCUT2D eigenvalue weighted by atomic mass is 16.5. The molecular weight excluding hydrogens is 252 g/mol. The van der Waals surface area contributed by atoms with Gasteiger partial charge in [0, 0.05) is 0 Å². The van der Waals surface area contributed by atoms with E-state index in [0.717, 1.165) is 11.1 Å². The van der Waals surface area contributed by atoms with Gasteiger partial charge in [-0.3, -0.25) is 4.79 Å². The lowest BCUT2D eigenvalue weighted by Gasteiger charge is -2.05. The first kappa shape index (κ1) is 13.8. The molecule has 0 aromatic heterocycles. The maximum Gasteiger partial charge on any atom is 0.277 e. The summed E-state index contributed by atoms with van der Waals surface area (Å²) >= 11 is 0. The summed E-state index contributed by atoms with van der Waals surface area (Å²) in [5, 5.41) is 3.87. The van der Waals surface area contributed by atoms with Crippen LogP contribution < -0.4 is 10.2 Å². The highest BCUT2D eigenvalue weighted by molar-refractivity contribution is 5.82. The SMILES string of the molecule is Cc1cccc(OCC(=O)N/N=C/c2ccccc2)c1. The van der Waals surface area contributed by atoms with Crippen LogP contribution in [0.4, 0.5) is 0 Å². The van der Waals surface area contributed by atoms with Crippen LogP contribution in [0.3, 0.4) is 0 Å². The van der Waals surface area contributed by atoms with Crippen molar-refractivity contribution in [2.75, 3.05) is 6.61 Å². The number of benzene rings is 2. The van der Waals surface area contributed by atoms with E-state index < -0.39 is 0 Å². The molecule has 2 rings (SSSR count). The molecule has 0 saturated heterocycles. The number of nitrogens with zero attached hydrogens (tertiary/aromatic N) is 1. The molecule has 2 aromatic rings. The van der Waals surface area contributed by atoms with Crippen molar-refractivity contribution in [3.05, 3.63) is 65.7 Å². The van der Waals surface area contributed by atoms with E-state index in [1.54, 1.807) is 6.21 Å². The van der Waals surface area contributed by atoms with Crippen molar-refractivity contribution in [2.24, 2.45) is 5.10 Å². The van der Waals surface area contributed by atoms with Gasteiger partial charge in [-0.1, -0.05) is 42.5 Å². The molecule has 4 heteroatoms. The highest BCUT2D eigenvalue weighted by Crippen LogP contribution is 2.11. The van der Waals surface area contributed by atoms with Gasteiger partial charge in [0.05, 0.1) is 6.21 Å². The number of hydrazone groups is 1. The Morgan fingerprint density at radius 2 is 2.00 bits per heavy atom. The summed E-state index contributed by atoms with van der Waals surface area (Å²) in [7, 11) is 0. The molecule has 0 heterocycles. The van der Waals surface area contributed by atoms with Gasteiger partial charge in [0.1, 0.15) is 5.75 Å². The second-order valence-corrected chi connectivity index (χ2v) is 4.31. The number of rotatable bonds is 5. The molecule has 102 valence electrons. The predicted molar refractivity (Wildman–Crippen MR) is 78.9 cm³/mol. The first-order chi connectivity index (χ1) is 9.74. The maximum absolute atomic E-state index is 11.5. The lowest BCUT2D eigenvalue weighted by molar-refractivity contribution is -0.123. The molecule has 0 saturated carbocycles. The summed E-state index contributed by atoms with van der Waals surface area (Å²) in [6, 6.07) is 17.1. The molecule has 0 fully saturated rings. The van der Waals surface area contributed by atoms with Crippen molar-refractivity contribution < 1.29 is 9.53 Å². The molecule has 0 aliphatic heterocycles.